The average Bonchev–Trinajstić information content (AvgIpc) is 2.79. The van der Waals surface area contributed by atoms with Gasteiger partial charge < -0.3 is 19.7 Å². The van der Waals surface area contributed by atoms with Crippen molar-refractivity contribution < 1.29 is 19.1 Å². The lowest BCUT2D eigenvalue weighted by molar-refractivity contribution is -0.143. The molecule has 2 aromatic rings. The zero-order valence-electron chi connectivity index (χ0n) is 19.5. The predicted octanol–water partition coefficient (Wildman–Crippen LogP) is 4.76. The highest BCUT2D eigenvalue weighted by molar-refractivity contribution is 6.31. The molecule has 0 aliphatic rings. The Morgan fingerprint density at radius 1 is 1.06 bits per heavy atom. The van der Waals surface area contributed by atoms with E-state index in [4.69, 9.17) is 21.1 Å². The van der Waals surface area contributed by atoms with Crippen molar-refractivity contribution >= 4 is 23.4 Å². The maximum atomic E-state index is 13.2. The van der Waals surface area contributed by atoms with Crippen LogP contribution in [0.15, 0.2) is 42.5 Å². The van der Waals surface area contributed by atoms with E-state index in [-0.39, 0.29) is 31.0 Å². The number of nitrogens with zero attached hydrogens (tertiary/aromatic N) is 1. The summed E-state index contributed by atoms with van der Waals surface area (Å²) in [6, 6.07) is 12.1. The van der Waals surface area contributed by atoms with Gasteiger partial charge in [0.25, 0.3) is 5.91 Å². The Hall–Kier alpha value is -2.73. The van der Waals surface area contributed by atoms with Crippen molar-refractivity contribution in [1.82, 2.24) is 10.2 Å². The first-order valence-electron chi connectivity index (χ1n) is 10.9. The fraction of sp³-hybridized carbons (Fsp3) is 0.440. The van der Waals surface area contributed by atoms with E-state index in [1.165, 1.54) is 0 Å². The molecule has 1 N–H and O–H groups in total. The lowest BCUT2D eigenvalue weighted by atomic mass is 10.1. The van der Waals surface area contributed by atoms with Gasteiger partial charge in [-0.25, -0.2) is 0 Å². The molecule has 2 atom stereocenters. The number of carbonyl (C=O) groups is 2. The molecule has 0 radical (unpaired) electrons. The smallest absolute Gasteiger partial charge is 0.261 e. The van der Waals surface area contributed by atoms with Crippen molar-refractivity contribution in [3.8, 4) is 11.5 Å². The second-order valence-electron chi connectivity index (χ2n) is 7.81. The van der Waals surface area contributed by atoms with Crippen LogP contribution in [0.5, 0.6) is 11.5 Å². The average molecular weight is 461 g/mol. The van der Waals surface area contributed by atoms with E-state index in [1.807, 2.05) is 52.0 Å². The molecule has 0 heterocycles. The van der Waals surface area contributed by atoms with Crippen molar-refractivity contribution in [1.29, 1.82) is 0 Å². The lowest BCUT2D eigenvalue weighted by Crippen LogP contribution is -2.51. The summed E-state index contributed by atoms with van der Waals surface area (Å²) in [6.45, 7) is 7.85. The highest BCUT2D eigenvalue weighted by Crippen LogP contribution is 2.22. The fourth-order valence-electron chi connectivity index (χ4n) is 3.22. The van der Waals surface area contributed by atoms with Crippen LogP contribution in [0.25, 0.3) is 0 Å². The number of hydrogen-bond donors (Lipinski definition) is 1. The maximum absolute atomic E-state index is 13.2. The molecule has 32 heavy (non-hydrogen) atoms. The van der Waals surface area contributed by atoms with Crippen molar-refractivity contribution in [2.24, 2.45) is 0 Å². The number of ether oxygens (including phenoxy) is 2. The minimum Gasteiger partial charge on any atom is -0.497 e. The van der Waals surface area contributed by atoms with E-state index in [0.717, 1.165) is 23.3 Å². The number of aryl methyl sites for hydroxylation is 1. The van der Waals surface area contributed by atoms with Gasteiger partial charge in [0.2, 0.25) is 5.91 Å². The molecule has 0 saturated carbocycles. The number of methoxy groups -OCH3 is 1. The monoisotopic (exact) mass is 460 g/mol. The first-order chi connectivity index (χ1) is 15.3. The Morgan fingerprint density at radius 3 is 2.28 bits per heavy atom. The third-order valence-corrected chi connectivity index (χ3v) is 5.81. The maximum Gasteiger partial charge on any atom is 0.261 e. The van der Waals surface area contributed by atoms with Crippen molar-refractivity contribution in [3.63, 3.8) is 0 Å². The molecule has 0 spiro atoms. The molecule has 0 aromatic heterocycles. The van der Waals surface area contributed by atoms with Gasteiger partial charge in [-0.3, -0.25) is 9.59 Å². The van der Waals surface area contributed by atoms with Crippen LogP contribution in [0.1, 0.15) is 44.7 Å². The molecule has 0 fully saturated rings. The molecule has 2 amide bonds. The molecule has 6 nitrogen and oxygen atoms in total. The molecule has 174 valence electrons. The Bertz CT molecular complexity index is 901. The number of amides is 2. The highest BCUT2D eigenvalue weighted by atomic mass is 35.5. The van der Waals surface area contributed by atoms with Gasteiger partial charge in [-0.05, 0) is 68.1 Å². The van der Waals surface area contributed by atoms with Crippen LogP contribution in [-0.4, -0.2) is 42.5 Å². The van der Waals surface area contributed by atoms with Crippen LogP contribution in [-0.2, 0) is 16.1 Å². The van der Waals surface area contributed by atoms with Gasteiger partial charge in [-0.1, -0.05) is 37.6 Å². The topological polar surface area (TPSA) is 67.9 Å². The van der Waals surface area contributed by atoms with E-state index >= 15 is 0 Å². The summed E-state index contributed by atoms with van der Waals surface area (Å²) in [5, 5.41) is 3.64. The Morgan fingerprint density at radius 2 is 1.72 bits per heavy atom. The SMILES string of the molecule is CCC(C)NC(=O)C(CC)N(Cc1ccc(OC)cc1)C(=O)COc1ccc(Cl)c(C)c1. The minimum atomic E-state index is -0.603. The standard InChI is InChI=1S/C25H33ClN2O4/c1-6-18(4)27-25(30)23(7-2)28(15-19-8-10-20(31-5)11-9-19)24(29)16-32-21-12-13-22(26)17(3)14-21/h8-14,18,23H,6-7,15-16H2,1-5H3,(H,27,30). The second kappa shape index (κ2) is 12.3. The number of benzene rings is 2. The molecule has 2 unspecified atom stereocenters. The Kier molecular flexibility index (Phi) is 9.85. The number of nitrogens with one attached hydrogen (secondary N) is 1. The van der Waals surface area contributed by atoms with Crippen molar-refractivity contribution in [2.75, 3.05) is 13.7 Å². The fourth-order valence-corrected chi connectivity index (χ4v) is 3.34. The van der Waals surface area contributed by atoms with Gasteiger partial charge in [0, 0.05) is 17.6 Å². The first-order valence-corrected chi connectivity index (χ1v) is 11.3. The van der Waals surface area contributed by atoms with E-state index in [2.05, 4.69) is 5.32 Å². The van der Waals surface area contributed by atoms with Gasteiger partial charge in [0.15, 0.2) is 6.61 Å². The highest BCUT2D eigenvalue weighted by Gasteiger charge is 2.29. The van der Waals surface area contributed by atoms with Crippen LogP contribution in [0, 0.1) is 6.92 Å². The number of rotatable bonds is 11. The largest absolute Gasteiger partial charge is 0.497 e. The van der Waals surface area contributed by atoms with Crippen LogP contribution >= 0.6 is 11.6 Å². The van der Waals surface area contributed by atoms with Crippen LogP contribution in [0.4, 0.5) is 0 Å². The second-order valence-corrected chi connectivity index (χ2v) is 8.22. The van der Waals surface area contributed by atoms with E-state index in [0.29, 0.717) is 17.2 Å². The molecular formula is C25H33ClN2O4. The van der Waals surface area contributed by atoms with Gasteiger partial charge in [-0.15, -0.1) is 0 Å². The van der Waals surface area contributed by atoms with Crippen LogP contribution < -0.4 is 14.8 Å². The molecule has 0 saturated heterocycles. The minimum absolute atomic E-state index is 0.0304. The summed E-state index contributed by atoms with van der Waals surface area (Å²) in [5.74, 6) is 0.863. The Balaban J connectivity index is 2.22. The normalized spacial score (nSPS) is 12.6. The number of halogens is 1. The molecule has 2 aromatic carbocycles. The third-order valence-electron chi connectivity index (χ3n) is 5.39. The van der Waals surface area contributed by atoms with E-state index < -0.39 is 6.04 Å². The quantitative estimate of drug-likeness (QED) is 0.525. The molecule has 2 rings (SSSR count). The summed E-state index contributed by atoms with van der Waals surface area (Å²) in [5.41, 5.74) is 1.77. The molecule has 7 heteroatoms. The van der Waals surface area contributed by atoms with E-state index in [1.54, 1.807) is 30.2 Å². The van der Waals surface area contributed by atoms with Crippen LogP contribution in [0.2, 0.25) is 5.02 Å². The van der Waals surface area contributed by atoms with Gasteiger partial charge >= 0.3 is 0 Å². The molecule has 0 aliphatic heterocycles. The van der Waals surface area contributed by atoms with Gasteiger partial charge in [0.05, 0.1) is 7.11 Å². The first kappa shape index (κ1) is 25.5. The number of carbonyl (C=O) groups excluding carboxylic acids is 2. The third kappa shape index (κ3) is 7.16. The van der Waals surface area contributed by atoms with Gasteiger partial charge in [-0.2, -0.15) is 0 Å². The zero-order valence-corrected chi connectivity index (χ0v) is 20.2. The molecule has 0 bridgehead atoms. The van der Waals surface area contributed by atoms with Crippen molar-refractivity contribution in [2.45, 2.75) is 59.2 Å². The summed E-state index contributed by atoms with van der Waals surface area (Å²) in [6.07, 6.45) is 1.30. The zero-order chi connectivity index (χ0) is 23.7. The van der Waals surface area contributed by atoms with Crippen LogP contribution in [0.3, 0.4) is 0 Å². The number of hydrogen-bond acceptors (Lipinski definition) is 4. The summed E-state index contributed by atoms with van der Waals surface area (Å²) >= 11 is 6.07. The molecule has 0 aliphatic carbocycles. The summed E-state index contributed by atoms with van der Waals surface area (Å²) < 4.78 is 10.9. The van der Waals surface area contributed by atoms with E-state index in [9.17, 15) is 9.59 Å². The Labute approximate surface area is 195 Å². The predicted molar refractivity (Wildman–Crippen MR) is 127 cm³/mol. The molecular weight excluding hydrogens is 428 g/mol. The van der Waals surface area contributed by atoms with Gasteiger partial charge in [0.1, 0.15) is 17.5 Å². The van der Waals surface area contributed by atoms with Crippen molar-refractivity contribution in [3.05, 3.63) is 58.6 Å². The lowest BCUT2D eigenvalue weighted by Gasteiger charge is -2.31. The summed E-state index contributed by atoms with van der Waals surface area (Å²) in [4.78, 5) is 27.8. The summed E-state index contributed by atoms with van der Waals surface area (Å²) in [7, 11) is 1.60.